The van der Waals surface area contributed by atoms with Gasteiger partial charge in [-0.25, -0.2) is 0 Å². The van der Waals surface area contributed by atoms with Gasteiger partial charge in [-0.05, 0) is 24.5 Å². The SMILES string of the molecule is CC(C)C[C@@H]1CC(=O)c2ccccc2N1. The minimum absolute atomic E-state index is 0.273. The van der Waals surface area contributed by atoms with Crippen LogP contribution in [0.4, 0.5) is 5.69 Å². The lowest BCUT2D eigenvalue weighted by atomic mass is 9.92. The molecule has 80 valence electrons. The van der Waals surface area contributed by atoms with Crippen LogP contribution in [0.1, 0.15) is 37.0 Å². The summed E-state index contributed by atoms with van der Waals surface area (Å²) in [4.78, 5) is 11.8. The quantitative estimate of drug-likeness (QED) is 0.800. The Morgan fingerprint density at radius 2 is 2.13 bits per heavy atom. The second-order valence-electron chi connectivity index (χ2n) is 4.64. The van der Waals surface area contributed by atoms with Crippen LogP contribution in [0.3, 0.4) is 0 Å². The first-order valence-corrected chi connectivity index (χ1v) is 5.55. The number of anilines is 1. The zero-order valence-corrected chi connectivity index (χ0v) is 9.29. The maximum atomic E-state index is 11.8. The molecule has 0 saturated carbocycles. The summed E-state index contributed by atoms with van der Waals surface area (Å²) in [7, 11) is 0. The molecule has 0 fully saturated rings. The summed E-state index contributed by atoms with van der Waals surface area (Å²) >= 11 is 0. The molecule has 1 N–H and O–H groups in total. The van der Waals surface area contributed by atoms with Crippen molar-refractivity contribution >= 4 is 11.5 Å². The molecule has 2 heteroatoms. The summed E-state index contributed by atoms with van der Waals surface area (Å²) in [5.41, 5.74) is 1.84. The summed E-state index contributed by atoms with van der Waals surface area (Å²) in [5, 5.41) is 3.44. The lowest BCUT2D eigenvalue weighted by molar-refractivity contribution is 0.0969. The van der Waals surface area contributed by atoms with Crippen molar-refractivity contribution in [3.05, 3.63) is 29.8 Å². The molecule has 2 nitrogen and oxygen atoms in total. The Labute approximate surface area is 90.7 Å². The second-order valence-corrected chi connectivity index (χ2v) is 4.64. The Hall–Kier alpha value is -1.31. The molecular formula is C13H17NO. The summed E-state index contributed by atoms with van der Waals surface area (Å²) < 4.78 is 0. The molecule has 0 unspecified atom stereocenters. The van der Waals surface area contributed by atoms with E-state index in [-0.39, 0.29) is 5.78 Å². The van der Waals surface area contributed by atoms with Gasteiger partial charge in [0.15, 0.2) is 5.78 Å². The van der Waals surface area contributed by atoms with E-state index in [1.54, 1.807) is 0 Å². The average molecular weight is 203 g/mol. The van der Waals surface area contributed by atoms with E-state index in [2.05, 4.69) is 19.2 Å². The molecule has 1 aromatic carbocycles. The number of rotatable bonds is 2. The number of hydrogen-bond donors (Lipinski definition) is 1. The van der Waals surface area contributed by atoms with E-state index in [1.165, 1.54) is 0 Å². The number of Topliss-reactive ketones (excluding diaryl/α,β-unsaturated/α-hetero) is 1. The maximum absolute atomic E-state index is 11.8. The standard InChI is InChI=1S/C13H17NO/c1-9(2)7-10-8-13(15)11-5-3-4-6-12(11)14-10/h3-6,9-10,14H,7-8H2,1-2H3/t10-/m1/s1. The molecule has 0 bridgehead atoms. The van der Waals surface area contributed by atoms with Gasteiger partial charge < -0.3 is 5.32 Å². The Morgan fingerprint density at radius 1 is 1.40 bits per heavy atom. The predicted molar refractivity (Wildman–Crippen MR) is 62.3 cm³/mol. The van der Waals surface area contributed by atoms with Gasteiger partial charge in [0.05, 0.1) is 0 Å². The fourth-order valence-electron chi connectivity index (χ4n) is 2.17. The Morgan fingerprint density at radius 3 is 2.87 bits per heavy atom. The number of carbonyl (C=O) groups excluding carboxylic acids is 1. The molecule has 0 aliphatic carbocycles. The van der Waals surface area contributed by atoms with Crippen LogP contribution >= 0.6 is 0 Å². The van der Waals surface area contributed by atoms with Crippen molar-refractivity contribution in [1.29, 1.82) is 0 Å². The molecule has 0 amide bonds. The molecule has 1 heterocycles. The lowest BCUT2D eigenvalue weighted by Gasteiger charge is -2.27. The zero-order valence-electron chi connectivity index (χ0n) is 9.29. The van der Waals surface area contributed by atoms with E-state index in [9.17, 15) is 4.79 Å². The van der Waals surface area contributed by atoms with E-state index in [0.717, 1.165) is 17.7 Å². The Kier molecular flexibility index (Phi) is 2.76. The molecule has 1 aromatic rings. The normalized spacial score (nSPS) is 19.9. The second kappa shape index (κ2) is 4.05. The van der Waals surface area contributed by atoms with Crippen LogP contribution in [-0.4, -0.2) is 11.8 Å². The van der Waals surface area contributed by atoms with Crippen molar-refractivity contribution in [1.82, 2.24) is 0 Å². The van der Waals surface area contributed by atoms with Crippen LogP contribution in [-0.2, 0) is 0 Å². The Balaban J connectivity index is 2.19. The van der Waals surface area contributed by atoms with E-state index >= 15 is 0 Å². The first-order chi connectivity index (χ1) is 7.16. The van der Waals surface area contributed by atoms with Crippen LogP contribution in [0, 0.1) is 5.92 Å². The lowest BCUT2D eigenvalue weighted by Crippen LogP contribution is -2.30. The van der Waals surface area contributed by atoms with E-state index < -0.39 is 0 Å². The monoisotopic (exact) mass is 203 g/mol. The van der Waals surface area contributed by atoms with E-state index in [0.29, 0.717) is 18.4 Å². The molecule has 0 spiro atoms. The maximum Gasteiger partial charge on any atom is 0.166 e. The van der Waals surface area contributed by atoms with Crippen molar-refractivity contribution in [3.8, 4) is 0 Å². The fraction of sp³-hybridized carbons (Fsp3) is 0.462. The van der Waals surface area contributed by atoms with Crippen molar-refractivity contribution in [3.63, 3.8) is 0 Å². The molecule has 1 aliphatic heterocycles. The van der Waals surface area contributed by atoms with Crippen LogP contribution < -0.4 is 5.32 Å². The summed E-state index contributed by atoms with van der Waals surface area (Å²) in [6.07, 6.45) is 1.69. The van der Waals surface area contributed by atoms with Crippen molar-refractivity contribution in [2.24, 2.45) is 5.92 Å². The highest BCUT2D eigenvalue weighted by Gasteiger charge is 2.24. The molecule has 15 heavy (non-hydrogen) atoms. The minimum atomic E-state index is 0.273. The topological polar surface area (TPSA) is 29.1 Å². The number of nitrogens with one attached hydrogen (secondary N) is 1. The molecular weight excluding hydrogens is 186 g/mol. The third-order valence-corrected chi connectivity index (χ3v) is 2.77. The smallest absolute Gasteiger partial charge is 0.166 e. The zero-order chi connectivity index (χ0) is 10.8. The van der Waals surface area contributed by atoms with Crippen LogP contribution in [0.15, 0.2) is 24.3 Å². The predicted octanol–water partition coefficient (Wildman–Crippen LogP) is 3.10. The number of para-hydroxylation sites is 1. The molecule has 0 aromatic heterocycles. The van der Waals surface area contributed by atoms with Gasteiger partial charge in [-0.3, -0.25) is 4.79 Å². The number of carbonyl (C=O) groups is 1. The fourth-order valence-corrected chi connectivity index (χ4v) is 2.17. The van der Waals surface area contributed by atoms with Gasteiger partial charge in [0.2, 0.25) is 0 Å². The van der Waals surface area contributed by atoms with Crippen LogP contribution in [0.25, 0.3) is 0 Å². The number of fused-ring (bicyclic) bond motifs is 1. The largest absolute Gasteiger partial charge is 0.381 e. The highest BCUT2D eigenvalue weighted by Crippen LogP contribution is 2.26. The van der Waals surface area contributed by atoms with Crippen LogP contribution in [0.5, 0.6) is 0 Å². The summed E-state index contributed by atoms with van der Waals surface area (Å²) in [6, 6.07) is 8.08. The summed E-state index contributed by atoms with van der Waals surface area (Å²) in [5.74, 6) is 0.899. The number of benzene rings is 1. The highest BCUT2D eigenvalue weighted by molar-refractivity contribution is 6.03. The van der Waals surface area contributed by atoms with Gasteiger partial charge in [0.1, 0.15) is 0 Å². The number of hydrogen-bond acceptors (Lipinski definition) is 2. The van der Waals surface area contributed by atoms with Gasteiger partial charge in [0, 0.05) is 23.7 Å². The van der Waals surface area contributed by atoms with Crippen LogP contribution in [0.2, 0.25) is 0 Å². The van der Waals surface area contributed by atoms with E-state index in [1.807, 2.05) is 24.3 Å². The third kappa shape index (κ3) is 2.20. The van der Waals surface area contributed by atoms with Gasteiger partial charge in [0.25, 0.3) is 0 Å². The van der Waals surface area contributed by atoms with Gasteiger partial charge in [-0.15, -0.1) is 0 Å². The highest BCUT2D eigenvalue weighted by atomic mass is 16.1. The molecule has 0 radical (unpaired) electrons. The molecule has 1 atom stereocenters. The third-order valence-electron chi connectivity index (χ3n) is 2.77. The van der Waals surface area contributed by atoms with Crippen molar-refractivity contribution in [2.75, 3.05) is 5.32 Å². The number of ketones is 1. The molecule has 2 rings (SSSR count). The molecule has 0 saturated heterocycles. The summed E-state index contributed by atoms with van der Waals surface area (Å²) in [6.45, 7) is 4.37. The minimum Gasteiger partial charge on any atom is -0.381 e. The van der Waals surface area contributed by atoms with Gasteiger partial charge in [-0.2, -0.15) is 0 Å². The van der Waals surface area contributed by atoms with Gasteiger partial charge in [-0.1, -0.05) is 26.0 Å². The van der Waals surface area contributed by atoms with Crippen molar-refractivity contribution in [2.45, 2.75) is 32.7 Å². The van der Waals surface area contributed by atoms with E-state index in [4.69, 9.17) is 0 Å². The molecule has 1 aliphatic rings. The first-order valence-electron chi connectivity index (χ1n) is 5.55. The first kappa shape index (κ1) is 10.2. The average Bonchev–Trinajstić information content (AvgIpc) is 2.16. The van der Waals surface area contributed by atoms with Gasteiger partial charge >= 0.3 is 0 Å². The van der Waals surface area contributed by atoms with Crippen molar-refractivity contribution < 1.29 is 4.79 Å². The Bertz CT molecular complexity index is 371.